The third-order valence-corrected chi connectivity index (χ3v) is 6.06. The van der Waals surface area contributed by atoms with Crippen LogP contribution in [0.5, 0.6) is 0 Å². The maximum atomic E-state index is 12.8. The first-order chi connectivity index (χ1) is 14.3. The second-order valence-electron chi connectivity index (χ2n) is 7.13. The summed E-state index contributed by atoms with van der Waals surface area (Å²) in [5, 5.41) is 13.7. The number of anilines is 2. The molecular weight excluding hydrogens is 384 g/mol. The molecule has 4 aromatic rings. The maximum absolute atomic E-state index is 12.8. The van der Waals surface area contributed by atoms with E-state index in [1.54, 1.807) is 11.3 Å². The molecule has 1 saturated heterocycles. The predicted octanol–water partition coefficient (Wildman–Crippen LogP) is 3.94. The lowest BCUT2D eigenvalue weighted by molar-refractivity contribution is -0.120. The SMILES string of the molecule is O=C(Nc1nc2ccccc2[nH]1)C1CCCN(c2ccc(-c3cccs3)nn2)C1. The number of carbonyl (C=O) groups is 1. The van der Waals surface area contributed by atoms with Crippen molar-refractivity contribution >= 4 is 40.0 Å². The van der Waals surface area contributed by atoms with Gasteiger partial charge in [0.15, 0.2) is 5.82 Å². The molecule has 0 spiro atoms. The summed E-state index contributed by atoms with van der Waals surface area (Å²) < 4.78 is 0. The van der Waals surface area contributed by atoms with E-state index >= 15 is 0 Å². The molecular formula is C21H20N6OS. The fourth-order valence-electron chi connectivity index (χ4n) is 3.68. The fraction of sp³-hybridized carbons (Fsp3) is 0.238. The van der Waals surface area contributed by atoms with Crippen LogP contribution < -0.4 is 10.2 Å². The van der Waals surface area contributed by atoms with Gasteiger partial charge in [-0.25, -0.2) is 4.98 Å². The fourth-order valence-corrected chi connectivity index (χ4v) is 4.37. The van der Waals surface area contributed by atoms with Crippen molar-refractivity contribution in [1.82, 2.24) is 20.2 Å². The highest BCUT2D eigenvalue weighted by atomic mass is 32.1. The summed E-state index contributed by atoms with van der Waals surface area (Å²) in [6.45, 7) is 1.50. The van der Waals surface area contributed by atoms with E-state index in [0.717, 1.165) is 46.8 Å². The monoisotopic (exact) mass is 404 g/mol. The molecule has 1 atom stereocenters. The summed E-state index contributed by atoms with van der Waals surface area (Å²) in [5.41, 5.74) is 2.63. The number of fused-ring (bicyclic) bond motifs is 1. The number of imidazole rings is 1. The number of thiophene rings is 1. The van der Waals surface area contributed by atoms with Crippen molar-refractivity contribution in [2.45, 2.75) is 12.8 Å². The smallest absolute Gasteiger partial charge is 0.231 e. The highest BCUT2D eigenvalue weighted by Gasteiger charge is 2.27. The largest absolute Gasteiger partial charge is 0.354 e. The van der Waals surface area contributed by atoms with E-state index < -0.39 is 0 Å². The minimum atomic E-state index is -0.115. The number of amides is 1. The van der Waals surface area contributed by atoms with Crippen molar-refractivity contribution in [2.75, 3.05) is 23.3 Å². The first-order valence-corrected chi connectivity index (χ1v) is 10.5. The highest BCUT2D eigenvalue weighted by molar-refractivity contribution is 7.13. The van der Waals surface area contributed by atoms with E-state index in [-0.39, 0.29) is 11.8 Å². The average molecular weight is 404 g/mol. The van der Waals surface area contributed by atoms with Crippen LogP contribution in [0.15, 0.2) is 53.9 Å². The summed E-state index contributed by atoms with van der Waals surface area (Å²) in [6, 6.07) is 15.8. The zero-order valence-corrected chi connectivity index (χ0v) is 16.5. The van der Waals surface area contributed by atoms with Gasteiger partial charge in [-0.2, -0.15) is 0 Å². The van der Waals surface area contributed by atoms with Crippen LogP contribution in [-0.4, -0.2) is 39.2 Å². The van der Waals surface area contributed by atoms with Crippen molar-refractivity contribution < 1.29 is 4.79 Å². The predicted molar refractivity (Wildman–Crippen MR) is 115 cm³/mol. The summed E-state index contributed by atoms with van der Waals surface area (Å²) in [5.74, 6) is 1.17. The zero-order chi connectivity index (χ0) is 19.6. The number of rotatable bonds is 4. The molecule has 0 bridgehead atoms. The summed E-state index contributed by atoms with van der Waals surface area (Å²) >= 11 is 1.65. The standard InChI is InChI=1S/C21H20N6OS/c28-20(24-21-22-15-6-1-2-7-16(15)23-21)14-5-3-11-27(13-14)19-10-9-17(25-26-19)18-8-4-12-29-18/h1-2,4,6-10,12,14H,3,5,11,13H2,(H2,22,23,24,28). The molecule has 2 N–H and O–H groups in total. The molecule has 8 heteroatoms. The minimum Gasteiger partial charge on any atom is -0.354 e. The van der Waals surface area contributed by atoms with Gasteiger partial charge in [-0.1, -0.05) is 18.2 Å². The Bertz CT molecular complexity index is 1090. The van der Waals surface area contributed by atoms with E-state index in [1.165, 1.54) is 0 Å². The molecule has 29 heavy (non-hydrogen) atoms. The number of hydrogen-bond acceptors (Lipinski definition) is 6. The van der Waals surface area contributed by atoms with Crippen LogP contribution >= 0.6 is 11.3 Å². The Hall–Kier alpha value is -3.26. The van der Waals surface area contributed by atoms with E-state index in [2.05, 4.69) is 30.4 Å². The Labute approximate surface area is 171 Å². The molecule has 0 saturated carbocycles. The van der Waals surface area contributed by atoms with E-state index in [1.807, 2.05) is 53.9 Å². The molecule has 1 amide bonds. The lowest BCUT2D eigenvalue weighted by Gasteiger charge is -2.32. The molecule has 1 aromatic carbocycles. The van der Waals surface area contributed by atoms with Crippen molar-refractivity contribution in [3.05, 3.63) is 53.9 Å². The van der Waals surface area contributed by atoms with Gasteiger partial charge >= 0.3 is 0 Å². The van der Waals surface area contributed by atoms with Crippen LogP contribution in [0.4, 0.5) is 11.8 Å². The number of para-hydroxylation sites is 2. The van der Waals surface area contributed by atoms with Gasteiger partial charge in [-0.15, -0.1) is 21.5 Å². The number of aromatic nitrogens is 4. The van der Waals surface area contributed by atoms with Gasteiger partial charge in [-0.3, -0.25) is 10.1 Å². The number of aromatic amines is 1. The van der Waals surface area contributed by atoms with Crippen LogP contribution in [0.2, 0.25) is 0 Å². The summed E-state index contributed by atoms with van der Waals surface area (Å²) in [7, 11) is 0. The Balaban J connectivity index is 1.26. The Morgan fingerprint density at radius 3 is 2.86 bits per heavy atom. The molecule has 7 nitrogen and oxygen atoms in total. The molecule has 3 aromatic heterocycles. The van der Waals surface area contributed by atoms with Crippen LogP contribution in [0.1, 0.15) is 12.8 Å². The molecule has 146 valence electrons. The van der Waals surface area contributed by atoms with Crippen molar-refractivity contribution in [3.63, 3.8) is 0 Å². The average Bonchev–Trinajstić information content (AvgIpc) is 3.43. The van der Waals surface area contributed by atoms with Gasteiger partial charge in [0.25, 0.3) is 0 Å². The molecule has 1 unspecified atom stereocenters. The minimum absolute atomic E-state index is 0.0167. The Morgan fingerprint density at radius 2 is 2.07 bits per heavy atom. The van der Waals surface area contributed by atoms with E-state index in [4.69, 9.17) is 0 Å². The summed E-state index contributed by atoms with van der Waals surface area (Å²) in [6.07, 6.45) is 1.79. The second-order valence-corrected chi connectivity index (χ2v) is 8.08. The van der Waals surface area contributed by atoms with Gasteiger partial charge in [0, 0.05) is 13.1 Å². The van der Waals surface area contributed by atoms with Gasteiger partial charge < -0.3 is 9.88 Å². The quantitative estimate of drug-likeness (QED) is 0.538. The Morgan fingerprint density at radius 1 is 1.14 bits per heavy atom. The second kappa shape index (κ2) is 7.63. The molecule has 4 heterocycles. The zero-order valence-electron chi connectivity index (χ0n) is 15.7. The molecule has 0 aliphatic carbocycles. The first kappa shape index (κ1) is 17.8. The number of benzene rings is 1. The molecule has 5 rings (SSSR count). The van der Waals surface area contributed by atoms with Crippen LogP contribution in [0, 0.1) is 5.92 Å². The Kier molecular flexibility index (Phi) is 4.69. The number of piperidine rings is 1. The van der Waals surface area contributed by atoms with E-state index in [0.29, 0.717) is 12.5 Å². The topological polar surface area (TPSA) is 86.8 Å². The van der Waals surface area contributed by atoms with Crippen molar-refractivity contribution in [3.8, 4) is 10.6 Å². The number of carbonyl (C=O) groups excluding carboxylic acids is 1. The number of H-pyrrole nitrogens is 1. The van der Waals surface area contributed by atoms with Gasteiger partial charge in [-0.05, 0) is 48.6 Å². The third kappa shape index (κ3) is 3.71. The molecule has 1 fully saturated rings. The van der Waals surface area contributed by atoms with Gasteiger partial charge in [0.05, 0.1) is 21.8 Å². The number of nitrogens with one attached hydrogen (secondary N) is 2. The number of nitrogens with zero attached hydrogens (tertiary/aromatic N) is 4. The molecule has 0 radical (unpaired) electrons. The van der Waals surface area contributed by atoms with Crippen LogP contribution in [0.3, 0.4) is 0 Å². The normalized spacial score (nSPS) is 16.8. The van der Waals surface area contributed by atoms with Crippen LogP contribution in [0.25, 0.3) is 21.6 Å². The van der Waals surface area contributed by atoms with Gasteiger partial charge in [0.1, 0.15) is 5.69 Å². The van der Waals surface area contributed by atoms with Crippen molar-refractivity contribution in [2.24, 2.45) is 5.92 Å². The van der Waals surface area contributed by atoms with Crippen LogP contribution in [-0.2, 0) is 4.79 Å². The molecule has 1 aliphatic rings. The first-order valence-electron chi connectivity index (χ1n) is 9.64. The lowest BCUT2D eigenvalue weighted by atomic mass is 9.97. The van der Waals surface area contributed by atoms with Gasteiger partial charge in [0.2, 0.25) is 11.9 Å². The lowest BCUT2D eigenvalue weighted by Crippen LogP contribution is -2.41. The maximum Gasteiger partial charge on any atom is 0.231 e. The van der Waals surface area contributed by atoms with Crippen molar-refractivity contribution in [1.29, 1.82) is 0 Å². The highest BCUT2D eigenvalue weighted by Crippen LogP contribution is 2.26. The number of hydrogen-bond donors (Lipinski definition) is 2. The summed E-state index contributed by atoms with van der Waals surface area (Å²) in [4.78, 5) is 23.6. The molecule has 1 aliphatic heterocycles. The van der Waals surface area contributed by atoms with E-state index in [9.17, 15) is 4.79 Å². The third-order valence-electron chi connectivity index (χ3n) is 5.17.